The quantitative estimate of drug-likeness (QED) is 0.738. The van der Waals surface area contributed by atoms with Crippen LogP contribution in [-0.2, 0) is 4.74 Å². The summed E-state index contributed by atoms with van der Waals surface area (Å²) in [5, 5.41) is 3.31. The zero-order chi connectivity index (χ0) is 17.8. The van der Waals surface area contributed by atoms with E-state index in [-0.39, 0.29) is 0 Å². The van der Waals surface area contributed by atoms with E-state index in [0.717, 1.165) is 30.0 Å². The number of aromatic nitrogens is 4. The van der Waals surface area contributed by atoms with E-state index >= 15 is 0 Å². The van der Waals surface area contributed by atoms with Crippen molar-refractivity contribution in [3.63, 3.8) is 0 Å². The van der Waals surface area contributed by atoms with Crippen LogP contribution in [0.5, 0.6) is 0 Å². The molecule has 0 unspecified atom stereocenters. The smallest absolute Gasteiger partial charge is 0.228 e. The second-order valence-corrected chi connectivity index (χ2v) is 5.87. The molecule has 0 radical (unpaired) electrons. The molecule has 0 atom stereocenters. The average molecular weight is 349 g/mol. The number of nitrogens with one attached hydrogen (secondary N) is 1. The predicted molar refractivity (Wildman–Crippen MR) is 100 cm³/mol. The molecule has 1 saturated heterocycles. The molecule has 3 aromatic rings. The van der Waals surface area contributed by atoms with Gasteiger partial charge in [-0.05, 0) is 24.3 Å². The van der Waals surface area contributed by atoms with Gasteiger partial charge in [0.15, 0.2) is 0 Å². The fourth-order valence-corrected chi connectivity index (χ4v) is 2.69. The summed E-state index contributed by atoms with van der Waals surface area (Å²) in [5.41, 5.74) is 8.28. The van der Waals surface area contributed by atoms with E-state index in [1.165, 1.54) is 0 Å². The molecule has 0 spiro atoms. The summed E-state index contributed by atoms with van der Waals surface area (Å²) < 4.78 is 5.43. The lowest BCUT2D eigenvalue weighted by atomic mass is 10.2. The molecule has 0 aliphatic carbocycles. The second-order valence-electron chi connectivity index (χ2n) is 5.87. The number of morpholine rings is 1. The average Bonchev–Trinajstić information content (AvgIpc) is 2.70. The first-order chi connectivity index (χ1) is 12.8. The van der Waals surface area contributed by atoms with Crippen LogP contribution in [0.4, 0.5) is 23.3 Å². The first-order valence-corrected chi connectivity index (χ1v) is 8.39. The number of ether oxygens (including phenoxy) is 1. The third kappa shape index (κ3) is 3.70. The molecule has 8 heteroatoms. The molecule has 1 aliphatic rings. The maximum Gasteiger partial charge on any atom is 0.228 e. The highest BCUT2D eigenvalue weighted by Gasteiger charge is 2.16. The minimum atomic E-state index is 0.478. The van der Waals surface area contributed by atoms with E-state index < -0.39 is 0 Å². The van der Waals surface area contributed by atoms with Crippen molar-refractivity contribution in [1.82, 2.24) is 19.9 Å². The maximum absolute atomic E-state index is 5.70. The molecule has 0 amide bonds. The number of anilines is 4. The van der Waals surface area contributed by atoms with E-state index in [4.69, 9.17) is 15.5 Å². The highest BCUT2D eigenvalue weighted by Crippen LogP contribution is 2.25. The van der Waals surface area contributed by atoms with Gasteiger partial charge in [-0.1, -0.05) is 0 Å². The predicted octanol–water partition coefficient (Wildman–Crippen LogP) is 2.10. The zero-order valence-electron chi connectivity index (χ0n) is 14.2. The van der Waals surface area contributed by atoms with Gasteiger partial charge in [-0.15, -0.1) is 0 Å². The van der Waals surface area contributed by atoms with Crippen molar-refractivity contribution in [2.75, 3.05) is 42.3 Å². The van der Waals surface area contributed by atoms with E-state index in [0.29, 0.717) is 30.8 Å². The maximum atomic E-state index is 5.70. The Hall–Kier alpha value is -3.26. The van der Waals surface area contributed by atoms with Gasteiger partial charge in [-0.2, -0.15) is 4.98 Å². The molecule has 4 rings (SSSR count). The molecule has 0 aromatic carbocycles. The summed E-state index contributed by atoms with van der Waals surface area (Å²) in [6.07, 6.45) is 5.19. The first kappa shape index (κ1) is 16.2. The van der Waals surface area contributed by atoms with Crippen LogP contribution < -0.4 is 16.0 Å². The fourth-order valence-electron chi connectivity index (χ4n) is 2.69. The van der Waals surface area contributed by atoms with Crippen LogP contribution in [-0.4, -0.2) is 46.2 Å². The number of nitrogens with two attached hydrogens (primary N) is 1. The van der Waals surface area contributed by atoms with Crippen molar-refractivity contribution in [3.05, 3.63) is 48.9 Å². The molecular weight excluding hydrogens is 330 g/mol. The van der Waals surface area contributed by atoms with Crippen molar-refractivity contribution in [1.29, 1.82) is 0 Å². The summed E-state index contributed by atoms with van der Waals surface area (Å²) in [6.45, 7) is 2.87. The molecule has 26 heavy (non-hydrogen) atoms. The Morgan fingerprint density at radius 2 is 1.85 bits per heavy atom. The van der Waals surface area contributed by atoms with Crippen LogP contribution in [0.15, 0.2) is 48.9 Å². The Labute approximate surface area is 151 Å². The van der Waals surface area contributed by atoms with Gasteiger partial charge in [-0.3, -0.25) is 4.98 Å². The number of hydrogen-bond acceptors (Lipinski definition) is 8. The van der Waals surface area contributed by atoms with Crippen LogP contribution >= 0.6 is 0 Å². The summed E-state index contributed by atoms with van der Waals surface area (Å²) >= 11 is 0. The van der Waals surface area contributed by atoms with E-state index in [2.05, 4.69) is 25.2 Å². The topological polar surface area (TPSA) is 102 Å². The molecule has 3 N–H and O–H groups in total. The van der Waals surface area contributed by atoms with Gasteiger partial charge in [0.25, 0.3) is 0 Å². The van der Waals surface area contributed by atoms with E-state index in [1.54, 1.807) is 24.7 Å². The van der Waals surface area contributed by atoms with Gasteiger partial charge in [0.05, 0.1) is 18.9 Å². The van der Waals surface area contributed by atoms with Crippen LogP contribution in [0.3, 0.4) is 0 Å². The summed E-state index contributed by atoms with van der Waals surface area (Å²) in [7, 11) is 0. The Morgan fingerprint density at radius 3 is 2.58 bits per heavy atom. The van der Waals surface area contributed by atoms with Crippen molar-refractivity contribution >= 4 is 23.3 Å². The second kappa shape index (κ2) is 7.32. The van der Waals surface area contributed by atoms with E-state index in [1.807, 2.05) is 24.3 Å². The fraction of sp³-hybridized carbons (Fsp3) is 0.222. The van der Waals surface area contributed by atoms with Crippen molar-refractivity contribution in [2.24, 2.45) is 0 Å². The number of nitrogens with zero attached hydrogens (tertiary/aromatic N) is 5. The van der Waals surface area contributed by atoms with Gasteiger partial charge < -0.3 is 20.7 Å². The molecule has 0 bridgehead atoms. The lowest BCUT2D eigenvalue weighted by Gasteiger charge is -2.27. The molecule has 0 saturated carbocycles. The standard InChI is InChI=1S/C18H19N7O/c19-16-2-1-13(12-21-16)15-11-17(22-14-3-5-20-6-4-14)24-18(23-15)25-7-9-26-10-8-25/h1-6,11-12H,7-10H2,(H2,19,21)(H,20,22,23,24). The van der Waals surface area contributed by atoms with Crippen LogP contribution in [0.2, 0.25) is 0 Å². The largest absolute Gasteiger partial charge is 0.384 e. The number of nitrogen functional groups attached to an aromatic ring is 1. The highest BCUT2D eigenvalue weighted by molar-refractivity contribution is 5.67. The minimum absolute atomic E-state index is 0.478. The molecule has 1 aliphatic heterocycles. The molecule has 4 heterocycles. The number of rotatable bonds is 4. The molecule has 1 fully saturated rings. The van der Waals surface area contributed by atoms with Crippen LogP contribution in [0.25, 0.3) is 11.3 Å². The summed E-state index contributed by atoms with van der Waals surface area (Å²) in [4.78, 5) is 19.7. The number of hydrogen-bond donors (Lipinski definition) is 2. The first-order valence-electron chi connectivity index (χ1n) is 8.39. The summed E-state index contributed by atoms with van der Waals surface area (Å²) in [5.74, 6) is 1.85. The van der Waals surface area contributed by atoms with E-state index in [9.17, 15) is 0 Å². The van der Waals surface area contributed by atoms with Crippen LogP contribution in [0, 0.1) is 0 Å². The molecule has 132 valence electrons. The Morgan fingerprint density at radius 1 is 1.04 bits per heavy atom. The van der Waals surface area contributed by atoms with Gasteiger partial charge >= 0.3 is 0 Å². The molecule has 3 aromatic heterocycles. The van der Waals surface area contributed by atoms with Crippen molar-refractivity contribution < 1.29 is 4.74 Å². The highest BCUT2D eigenvalue weighted by atomic mass is 16.5. The summed E-state index contributed by atoms with van der Waals surface area (Å²) in [6, 6.07) is 9.35. The Bertz CT molecular complexity index is 864. The van der Waals surface area contributed by atoms with Gasteiger partial charge in [0.2, 0.25) is 5.95 Å². The van der Waals surface area contributed by atoms with Gasteiger partial charge in [-0.25, -0.2) is 9.97 Å². The van der Waals surface area contributed by atoms with Gasteiger partial charge in [0, 0.05) is 49.0 Å². The number of pyridine rings is 2. The lowest BCUT2D eigenvalue weighted by Crippen LogP contribution is -2.37. The SMILES string of the molecule is Nc1ccc(-c2cc(Nc3ccncc3)nc(N3CCOCC3)n2)cn1. The normalized spacial score (nSPS) is 14.2. The van der Waals surface area contributed by atoms with Crippen molar-refractivity contribution in [3.8, 4) is 11.3 Å². The van der Waals surface area contributed by atoms with Crippen molar-refractivity contribution in [2.45, 2.75) is 0 Å². The molecular formula is C18H19N7O. The Balaban J connectivity index is 1.72. The lowest BCUT2D eigenvalue weighted by molar-refractivity contribution is 0.122. The Kier molecular flexibility index (Phi) is 4.57. The van der Waals surface area contributed by atoms with Gasteiger partial charge in [0.1, 0.15) is 11.6 Å². The third-order valence-corrected chi connectivity index (χ3v) is 4.04. The monoisotopic (exact) mass is 349 g/mol. The zero-order valence-corrected chi connectivity index (χ0v) is 14.2. The van der Waals surface area contributed by atoms with Crippen LogP contribution in [0.1, 0.15) is 0 Å². The minimum Gasteiger partial charge on any atom is -0.384 e. The third-order valence-electron chi connectivity index (χ3n) is 4.04. The molecule has 8 nitrogen and oxygen atoms in total.